The number of anilines is 1. The largest absolute Gasteiger partial charge is 0.486 e. The van der Waals surface area contributed by atoms with Gasteiger partial charge in [0.25, 0.3) is 11.9 Å². The molecule has 5 rings (SSSR count). The molecule has 3 N–H and O–H groups in total. The van der Waals surface area contributed by atoms with Crippen LogP contribution in [0.4, 0.5) is 5.69 Å². The summed E-state index contributed by atoms with van der Waals surface area (Å²) in [5.74, 6) is -0.486. The molecule has 0 spiro atoms. The standard InChI is InChI=1S/C36H36Cl2N6O6/c1-43(32(47)20-41-31(46)16-11-23-9-12-24(13-10-23)35(48)40-18-19-45)28-15-14-27(37)26(33(28)38)22-50-30-8-5-7-29-34(30)42-36(49-2)44(29)21-25-6-3-4-17-39-25/h3-10,12-15,17,45H,11,16,18-22H2,1-2H3,(H,40,48)(H,41,46). The summed E-state index contributed by atoms with van der Waals surface area (Å²) in [5.41, 5.74) is 4.41. The highest BCUT2D eigenvalue weighted by atomic mass is 35.5. The number of hydrogen-bond donors (Lipinski definition) is 3. The van der Waals surface area contributed by atoms with Crippen LogP contribution in [0.1, 0.15) is 33.6 Å². The number of nitrogens with one attached hydrogen (secondary N) is 2. The van der Waals surface area contributed by atoms with Crippen molar-refractivity contribution in [2.75, 3.05) is 38.8 Å². The quantitative estimate of drug-likeness (QED) is 0.140. The van der Waals surface area contributed by atoms with Crippen LogP contribution in [0, 0.1) is 0 Å². The molecule has 0 unspecified atom stereocenters. The maximum absolute atomic E-state index is 13.1. The number of likely N-dealkylation sites (N-methyl/N-ethyl adjacent to an activating group) is 1. The van der Waals surface area contributed by atoms with Gasteiger partial charge in [-0.25, -0.2) is 0 Å². The number of methoxy groups -OCH3 is 1. The first-order valence-electron chi connectivity index (χ1n) is 15.7. The van der Waals surface area contributed by atoms with E-state index in [0.717, 1.165) is 16.8 Å². The highest BCUT2D eigenvalue weighted by Gasteiger charge is 2.21. The zero-order valence-corrected chi connectivity index (χ0v) is 29.0. The van der Waals surface area contributed by atoms with Gasteiger partial charge >= 0.3 is 0 Å². The second-order valence-electron chi connectivity index (χ2n) is 11.2. The molecule has 0 aliphatic carbocycles. The third-order valence-corrected chi connectivity index (χ3v) is 8.68. The molecule has 0 aliphatic rings. The number of pyridine rings is 1. The van der Waals surface area contributed by atoms with Crippen molar-refractivity contribution in [2.45, 2.75) is 26.0 Å². The second-order valence-corrected chi connectivity index (χ2v) is 12.0. The Labute approximate surface area is 298 Å². The minimum atomic E-state index is -0.386. The summed E-state index contributed by atoms with van der Waals surface area (Å²) in [5, 5.41) is 14.7. The summed E-state index contributed by atoms with van der Waals surface area (Å²) in [6.45, 7) is 0.233. The second kappa shape index (κ2) is 17.0. The SMILES string of the molecule is COc1nc2c(OCc3c(Cl)ccc(N(C)C(=O)CNC(=O)CCc4ccc(C(=O)NCCO)cc4)c3Cl)cccc2n1Cc1ccccn1. The Hall–Kier alpha value is -5.17. The Morgan fingerprint density at radius 2 is 1.78 bits per heavy atom. The molecular weight excluding hydrogens is 683 g/mol. The number of rotatable bonds is 15. The van der Waals surface area contributed by atoms with Crippen LogP contribution in [0.3, 0.4) is 0 Å². The van der Waals surface area contributed by atoms with E-state index in [0.29, 0.717) is 52.1 Å². The number of hydrogen-bond acceptors (Lipinski definition) is 8. The number of aliphatic hydroxyl groups excluding tert-OH is 1. The normalized spacial score (nSPS) is 10.9. The number of ether oxygens (including phenoxy) is 2. The minimum Gasteiger partial charge on any atom is -0.486 e. The van der Waals surface area contributed by atoms with Crippen molar-refractivity contribution < 1.29 is 29.0 Å². The Morgan fingerprint density at radius 1 is 0.980 bits per heavy atom. The molecule has 5 aromatic rings. The lowest BCUT2D eigenvalue weighted by Crippen LogP contribution is -2.38. The van der Waals surface area contributed by atoms with Crippen LogP contribution in [-0.4, -0.2) is 71.2 Å². The van der Waals surface area contributed by atoms with Gasteiger partial charge in [-0.15, -0.1) is 0 Å². The zero-order chi connectivity index (χ0) is 35.6. The molecule has 14 heteroatoms. The van der Waals surface area contributed by atoms with Gasteiger partial charge in [0.05, 0.1) is 48.7 Å². The van der Waals surface area contributed by atoms with Crippen LogP contribution >= 0.6 is 23.2 Å². The van der Waals surface area contributed by atoms with Crippen molar-refractivity contribution in [1.29, 1.82) is 0 Å². The van der Waals surface area contributed by atoms with Crippen molar-refractivity contribution in [3.63, 3.8) is 0 Å². The number of imidazole rings is 1. The molecule has 3 amide bonds. The van der Waals surface area contributed by atoms with Gasteiger partial charge in [-0.1, -0.05) is 47.5 Å². The Kier molecular flexibility index (Phi) is 12.3. The highest BCUT2D eigenvalue weighted by Crippen LogP contribution is 2.36. The third-order valence-electron chi connectivity index (χ3n) is 7.90. The summed E-state index contributed by atoms with van der Waals surface area (Å²) >= 11 is 13.3. The van der Waals surface area contributed by atoms with Gasteiger partial charge in [0.15, 0.2) is 0 Å². The fourth-order valence-corrected chi connectivity index (χ4v) is 5.78. The Bertz CT molecular complexity index is 1970. The van der Waals surface area contributed by atoms with Crippen molar-refractivity contribution in [2.24, 2.45) is 0 Å². The molecule has 0 saturated heterocycles. The van der Waals surface area contributed by atoms with Gasteiger partial charge in [0.1, 0.15) is 17.9 Å². The van der Waals surface area contributed by atoms with Gasteiger partial charge in [0, 0.05) is 42.4 Å². The molecule has 2 aromatic heterocycles. The molecule has 2 heterocycles. The summed E-state index contributed by atoms with van der Waals surface area (Å²) in [7, 11) is 3.12. The first kappa shape index (κ1) is 36.1. The number of carbonyl (C=O) groups excluding carboxylic acids is 3. The van der Waals surface area contributed by atoms with Gasteiger partial charge in [-0.3, -0.25) is 23.9 Å². The van der Waals surface area contributed by atoms with E-state index >= 15 is 0 Å². The van der Waals surface area contributed by atoms with Crippen LogP contribution in [0.5, 0.6) is 11.8 Å². The van der Waals surface area contributed by atoms with E-state index in [4.69, 9.17) is 37.8 Å². The number of benzene rings is 3. The smallest absolute Gasteiger partial charge is 0.297 e. The van der Waals surface area contributed by atoms with Gasteiger partial charge in [-0.05, 0) is 60.5 Å². The van der Waals surface area contributed by atoms with Gasteiger partial charge < -0.3 is 30.1 Å². The number of aryl methyl sites for hydroxylation is 1. The van der Waals surface area contributed by atoms with Crippen molar-refractivity contribution >= 4 is 57.6 Å². The van der Waals surface area contributed by atoms with Crippen molar-refractivity contribution in [1.82, 2.24) is 25.2 Å². The fraction of sp³-hybridized carbons (Fsp3) is 0.250. The molecule has 0 atom stereocenters. The lowest BCUT2D eigenvalue weighted by atomic mass is 10.1. The highest BCUT2D eigenvalue weighted by molar-refractivity contribution is 6.38. The number of nitrogens with zero attached hydrogens (tertiary/aromatic N) is 4. The molecule has 0 bridgehead atoms. The Balaban J connectivity index is 1.19. The van der Waals surface area contributed by atoms with Crippen LogP contribution in [0.2, 0.25) is 10.0 Å². The lowest BCUT2D eigenvalue weighted by molar-refractivity contribution is -0.124. The molecular formula is C36H36Cl2N6O6. The topological polar surface area (TPSA) is 148 Å². The first-order valence-corrected chi connectivity index (χ1v) is 16.5. The predicted octanol–water partition coefficient (Wildman–Crippen LogP) is 4.81. The molecule has 50 heavy (non-hydrogen) atoms. The monoisotopic (exact) mass is 718 g/mol. The van der Waals surface area contributed by atoms with Crippen LogP contribution in [0.15, 0.2) is 79.0 Å². The number of para-hydroxylation sites is 1. The van der Waals surface area contributed by atoms with E-state index < -0.39 is 0 Å². The maximum atomic E-state index is 13.1. The molecule has 0 fully saturated rings. The minimum absolute atomic E-state index is 0.00683. The molecule has 12 nitrogen and oxygen atoms in total. The molecule has 3 aromatic carbocycles. The third kappa shape index (κ3) is 8.70. The molecule has 0 saturated carbocycles. The summed E-state index contributed by atoms with van der Waals surface area (Å²) in [4.78, 5) is 48.0. The predicted molar refractivity (Wildman–Crippen MR) is 191 cm³/mol. The maximum Gasteiger partial charge on any atom is 0.297 e. The van der Waals surface area contributed by atoms with E-state index in [2.05, 4.69) is 20.6 Å². The van der Waals surface area contributed by atoms with E-state index in [-0.39, 0.29) is 55.5 Å². The Morgan fingerprint density at radius 3 is 2.50 bits per heavy atom. The van der Waals surface area contributed by atoms with Gasteiger partial charge in [-0.2, -0.15) is 4.98 Å². The average Bonchev–Trinajstić information content (AvgIpc) is 3.50. The summed E-state index contributed by atoms with van der Waals surface area (Å²) < 4.78 is 13.7. The number of halogens is 2. The van der Waals surface area contributed by atoms with E-state index in [1.54, 1.807) is 62.8 Å². The van der Waals surface area contributed by atoms with Crippen molar-refractivity contribution in [3.8, 4) is 11.8 Å². The number of aromatic nitrogens is 3. The zero-order valence-electron chi connectivity index (χ0n) is 27.5. The first-order chi connectivity index (χ1) is 24.2. The molecule has 0 aliphatic heterocycles. The van der Waals surface area contributed by atoms with E-state index in [9.17, 15) is 14.4 Å². The number of aliphatic hydroxyl groups is 1. The van der Waals surface area contributed by atoms with E-state index in [1.807, 2.05) is 34.9 Å². The van der Waals surface area contributed by atoms with Crippen LogP contribution in [0.25, 0.3) is 11.0 Å². The average molecular weight is 720 g/mol. The lowest BCUT2D eigenvalue weighted by Gasteiger charge is -2.21. The molecule has 260 valence electrons. The van der Waals surface area contributed by atoms with Crippen LogP contribution < -0.4 is 25.0 Å². The summed E-state index contributed by atoms with van der Waals surface area (Å²) in [6.07, 6.45) is 2.30. The molecule has 0 radical (unpaired) electrons. The number of amides is 3. The van der Waals surface area contributed by atoms with E-state index in [1.165, 1.54) is 4.90 Å². The van der Waals surface area contributed by atoms with Crippen LogP contribution in [-0.2, 0) is 29.2 Å². The number of fused-ring (bicyclic) bond motifs is 1. The fourth-order valence-electron chi connectivity index (χ4n) is 5.17. The van der Waals surface area contributed by atoms with Gasteiger partial charge in [0.2, 0.25) is 11.8 Å². The number of carbonyl (C=O) groups is 3. The van der Waals surface area contributed by atoms with Crippen molar-refractivity contribution in [3.05, 3.63) is 111 Å². The summed E-state index contributed by atoms with van der Waals surface area (Å²) in [6, 6.07) is 21.8.